The minimum Gasteiger partial charge on any atom is -0.352 e. The van der Waals surface area contributed by atoms with Crippen molar-refractivity contribution >= 4 is 11.8 Å². The zero-order valence-electron chi connectivity index (χ0n) is 11.9. The number of hydrogen-bond acceptors (Lipinski definition) is 3. The molecule has 19 heavy (non-hydrogen) atoms. The second kappa shape index (κ2) is 5.90. The van der Waals surface area contributed by atoms with Gasteiger partial charge < -0.3 is 16.0 Å². The summed E-state index contributed by atoms with van der Waals surface area (Å²) in [5, 5.41) is 3.00. The highest BCUT2D eigenvalue weighted by Crippen LogP contribution is 2.31. The van der Waals surface area contributed by atoms with E-state index >= 15 is 0 Å². The van der Waals surface area contributed by atoms with Crippen LogP contribution in [0, 0.1) is 11.8 Å². The summed E-state index contributed by atoms with van der Waals surface area (Å²) in [7, 11) is 0. The molecule has 0 bridgehead atoms. The number of likely N-dealkylation sites (tertiary alicyclic amines) is 1. The number of carbonyl (C=O) groups is 2. The molecule has 2 rings (SSSR count). The third kappa shape index (κ3) is 3.69. The number of piperidine rings is 1. The highest BCUT2D eigenvalue weighted by Gasteiger charge is 2.35. The summed E-state index contributed by atoms with van der Waals surface area (Å²) >= 11 is 0. The van der Waals surface area contributed by atoms with E-state index in [9.17, 15) is 9.59 Å². The zero-order chi connectivity index (χ0) is 14.0. The molecule has 1 aliphatic carbocycles. The normalized spacial score (nSPS) is 22.4. The standard InChI is InChI=1S/C14H25N3O2/c1-9(2)12(15)13(18)16-11-5-7-17(8-6-11)14(19)10-3-4-10/h9-12H,3-8,15H2,1-2H3,(H,16,18)/t12-/m0/s1. The van der Waals surface area contributed by atoms with Crippen molar-refractivity contribution in [1.29, 1.82) is 0 Å². The lowest BCUT2D eigenvalue weighted by molar-refractivity contribution is -0.133. The Bertz CT molecular complexity index is 345. The molecule has 1 heterocycles. The van der Waals surface area contributed by atoms with Gasteiger partial charge in [-0.05, 0) is 31.6 Å². The smallest absolute Gasteiger partial charge is 0.237 e. The third-order valence-electron chi connectivity index (χ3n) is 4.10. The Morgan fingerprint density at radius 2 is 1.74 bits per heavy atom. The molecular weight excluding hydrogens is 242 g/mol. The highest BCUT2D eigenvalue weighted by molar-refractivity contribution is 5.82. The first-order valence-corrected chi connectivity index (χ1v) is 7.33. The Kier molecular flexibility index (Phi) is 4.45. The van der Waals surface area contributed by atoms with Crippen LogP contribution in [0.15, 0.2) is 0 Å². The van der Waals surface area contributed by atoms with Gasteiger partial charge in [0.25, 0.3) is 0 Å². The maximum atomic E-state index is 11.9. The number of carbonyl (C=O) groups excluding carboxylic acids is 2. The van der Waals surface area contributed by atoms with Gasteiger partial charge in [-0.25, -0.2) is 0 Å². The fourth-order valence-corrected chi connectivity index (χ4v) is 2.43. The molecular formula is C14H25N3O2. The van der Waals surface area contributed by atoms with Gasteiger partial charge in [-0.15, -0.1) is 0 Å². The molecule has 2 amide bonds. The van der Waals surface area contributed by atoms with Crippen molar-refractivity contribution in [2.75, 3.05) is 13.1 Å². The van der Waals surface area contributed by atoms with Gasteiger partial charge in [0.15, 0.2) is 0 Å². The molecule has 3 N–H and O–H groups in total. The summed E-state index contributed by atoms with van der Waals surface area (Å²) in [5.74, 6) is 0.683. The minimum absolute atomic E-state index is 0.0676. The van der Waals surface area contributed by atoms with Crippen molar-refractivity contribution in [2.24, 2.45) is 17.6 Å². The molecule has 2 aliphatic rings. The predicted octanol–water partition coefficient (Wildman–Crippen LogP) is 0.487. The van der Waals surface area contributed by atoms with Gasteiger partial charge in [-0.2, -0.15) is 0 Å². The average molecular weight is 267 g/mol. The fourth-order valence-electron chi connectivity index (χ4n) is 2.43. The predicted molar refractivity (Wildman–Crippen MR) is 73.3 cm³/mol. The molecule has 5 heteroatoms. The molecule has 2 fully saturated rings. The van der Waals surface area contributed by atoms with E-state index in [1.807, 2.05) is 18.7 Å². The summed E-state index contributed by atoms with van der Waals surface area (Å²) in [4.78, 5) is 25.7. The van der Waals surface area contributed by atoms with Gasteiger partial charge in [0.05, 0.1) is 6.04 Å². The van der Waals surface area contributed by atoms with Crippen LogP contribution in [-0.4, -0.2) is 41.9 Å². The average Bonchev–Trinajstić information content (AvgIpc) is 3.22. The van der Waals surface area contributed by atoms with Gasteiger partial charge in [0.1, 0.15) is 0 Å². The van der Waals surface area contributed by atoms with E-state index in [4.69, 9.17) is 5.73 Å². The molecule has 0 spiro atoms. The number of nitrogens with one attached hydrogen (secondary N) is 1. The quantitative estimate of drug-likeness (QED) is 0.778. The van der Waals surface area contributed by atoms with Crippen molar-refractivity contribution in [3.05, 3.63) is 0 Å². The number of nitrogens with two attached hydrogens (primary N) is 1. The fraction of sp³-hybridized carbons (Fsp3) is 0.857. The van der Waals surface area contributed by atoms with Crippen molar-refractivity contribution in [3.8, 4) is 0 Å². The Balaban J connectivity index is 1.74. The SMILES string of the molecule is CC(C)[C@H](N)C(=O)NC1CCN(C(=O)C2CC2)CC1. The Morgan fingerprint density at radius 3 is 2.21 bits per heavy atom. The first kappa shape index (κ1) is 14.3. The van der Waals surface area contributed by atoms with E-state index in [0.717, 1.165) is 38.8 Å². The van der Waals surface area contributed by atoms with Crippen molar-refractivity contribution in [2.45, 2.75) is 51.6 Å². The van der Waals surface area contributed by atoms with Crippen LogP contribution in [0.4, 0.5) is 0 Å². The monoisotopic (exact) mass is 267 g/mol. The van der Waals surface area contributed by atoms with Crippen LogP contribution < -0.4 is 11.1 Å². The molecule has 1 saturated carbocycles. The lowest BCUT2D eigenvalue weighted by Crippen LogP contribution is -2.52. The lowest BCUT2D eigenvalue weighted by Gasteiger charge is -2.33. The minimum atomic E-state index is -0.439. The van der Waals surface area contributed by atoms with Gasteiger partial charge in [0, 0.05) is 25.0 Å². The van der Waals surface area contributed by atoms with Crippen LogP contribution in [-0.2, 0) is 9.59 Å². The summed E-state index contributed by atoms with van der Waals surface area (Å²) in [6, 6.07) is -0.272. The second-order valence-corrected chi connectivity index (χ2v) is 6.15. The number of nitrogens with zero attached hydrogens (tertiary/aromatic N) is 1. The Labute approximate surface area is 114 Å². The van der Waals surface area contributed by atoms with Crippen LogP contribution in [0.2, 0.25) is 0 Å². The third-order valence-corrected chi connectivity index (χ3v) is 4.10. The molecule has 0 aromatic carbocycles. The lowest BCUT2D eigenvalue weighted by atomic mass is 10.0. The Hall–Kier alpha value is -1.10. The van der Waals surface area contributed by atoms with E-state index in [2.05, 4.69) is 5.32 Å². The number of amides is 2. The molecule has 1 saturated heterocycles. The van der Waals surface area contributed by atoms with Crippen LogP contribution in [0.5, 0.6) is 0 Å². The van der Waals surface area contributed by atoms with Gasteiger partial charge in [-0.1, -0.05) is 13.8 Å². The largest absolute Gasteiger partial charge is 0.352 e. The van der Waals surface area contributed by atoms with E-state index < -0.39 is 6.04 Å². The molecule has 1 atom stereocenters. The van der Waals surface area contributed by atoms with E-state index in [1.165, 1.54) is 0 Å². The molecule has 0 aromatic rings. The van der Waals surface area contributed by atoms with Gasteiger partial charge in [-0.3, -0.25) is 9.59 Å². The number of hydrogen-bond donors (Lipinski definition) is 2. The first-order chi connectivity index (χ1) is 8.99. The number of rotatable bonds is 4. The molecule has 108 valence electrons. The molecule has 0 aromatic heterocycles. The molecule has 0 unspecified atom stereocenters. The molecule has 1 aliphatic heterocycles. The summed E-state index contributed by atoms with van der Waals surface area (Å²) in [6.07, 6.45) is 3.79. The van der Waals surface area contributed by atoms with E-state index in [0.29, 0.717) is 11.8 Å². The maximum Gasteiger partial charge on any atom is 0.237 e. The van der Waals surface area contributed by atoms with Crippen molar-refractivity contribution in [1.82, 2.24) is 10.2 Å². The highest BCUT2D eigenvalue weighted by atomic mass is 16.2. The van der Waals surface area contributed by atoms with Gasteiger partial charge in [0.2, 0.25) is 11.8 Å². The zero-order valence-corrected chi connectivity index (χ0v) is 11.9. The van der Waals surface area contributed by atoms with Crippen LogP contribution in [0.3, 0.4) is 0 Å². The Morgan fingerprint density at radius 1 is 1.16 bits per heavy atom. The van der Waals surface area contributed by atoms with E-state index in [-0.39, 0.29) is 17.9 Å². The summed E-state index contributed by atoms with van der Waals surface area (Å²) < 4.78 is 0. The summed E-state index contributed by atoms with van der Waals surface area (Å²) in [6.45, 7) is 5.41. The van der Waals surface area contributed by atoms with Crippen LogP contribution in [0.1, 0.15) is 39.5 Å². The topological polar surface area (TPSA) is 75.4 Å². The van der Waals surface area contributed by atoms with Crippen LogP contribution in [0.25, 0.3) is 0 Å². The van der Waals surface area contributed by atoms with Crippen molar-refractivity contribution in [3.63, 3.8) is 0 Å². The van der Waals surface area contributed by atoms with E-state index in [1.54, 1.807) is 0 Å². The first-order valence-electron chi connectivity index (χ1n) is 7.33. The maximum absolute atomic E-state index is 11.9. The van der Waals surface area contributed by atoms with Gasteiger partial charge >= 0.3 is 0 Å². The second-order valence-electron chi connectivity index (χ2n) is 6.15. The molecule has 5 nitrogen and oxygen atoms in total. The molecule has 0 radical (unpaired) electrons. The summed E-state index contributed by atoms with van der Waals surface area (Å²) in [5.41, 5.74) is 5.82. The van der Waals surface area contributed by atoms with Crippen molar-refractivity contribution < 1.29 is 9.59 Å². The van der Waals surface area contributed by atoms with Crippen LogP contribution >= 0.6 is 0 Å².